The van der Waals surface area contributed by atoms with E-state index < -0.39 is 47.6 Å². The smallest absolute Gasteiger partial charge is 0.420 e. The Morgan fingerprint density at radius 1 is 0.900 bits per heavy atom. The number of carbonyl (C=O) groups excluding carboxylic acids is 3. The van der Waals surface area contributed by atoms with Crippen LogP contribution in [0.5, 0.6) is 0 Å². The summed E-state index contributed by atoms with van der Waals surface area (Å²) in [6.07, 6.45) is 2.98. The van der Waals surface area contributed by atoms with Crippen molar-refractivity contribution >= 4 is 18.2 Å². The Hall–Kier alpha value is -2.65. The molecule has 9 nitrogen and oxygen atoms in total. The van der Waals surface area contributed by atoms with Gasteiger partial charge in [-0.2, -0.15) is 4.90 Å². The first-order chi connectivity index (χ1) is 18.7. The Balaban J connectivity index is 1.91. The molecule has 4 atom stereocenters. The number of carbonyl (C=O) groups is 3. The third-order valence-electron chi connectivity index (χ3n) is 6.84. The van der Waals surface area contributed by atoms with Gasteiger partial charge in [0.25, 0.3) is 0 Å². The summed E-state index contributed by atoms with van der Waals surface area (Å²) in [5.74, 6) is -0.899. The van der Waals surface area contributed by atoms with Crippen LogP contribution in [0.2, 0.25) is 0 Å². The van der Waals surface area contributed by atoms with Gasteiger partial charge in [-0.1, -0.05) is 49.6 Å². The Bertz CT molecular complexity index is 949. The molecule has 0 spiro atoms. The van der Waals surface area contributed by atoms with Gasteiger partial charge in [0, 0.05) is 5.92 Å². The summed E-state index contributed by atoms with van der Waals surface area (Å²) in [7, 11) is 0. The number of cyclic esters (lactones) is 1. The Morgan fingerprint density at radius 2 is 1.48 bits per heavy atom. The lowest BCUT2D eigenvalue weighted by atomic mass is 9.90. The van der Waals surface area contributed by atoms with Gasteiger partial charge in [-0.3, -0.25) is 0 Å². The lowest BCUT2D eigenvalue weighted by molar-refractivity contribution is -0.168. The van der Waals surface area contributed by atoms with Gasteiger partial charge in [-0.15, -0.1) is 0 Å². The third kappa shape index (κ3) is 9.77. The average Bonchev–Trinajstić information content (AvgIpc) is 2.89. The summed E-state index contributed by atoms with van der Waals surface area (Å²) < 4.78 is 29.7. The first-order valence-electron chi connectivity index (χ1n) is 14.5. The number of rotatable bonds is 5. The molecule has 1 aromatic carbocycles. The van der Waals surface area contributed by atoms with Crippen LogP contribution in [0.4, 0.5) is 9.59 Å². The maximum atomic E-state index is 13.6. The molecular formula is C31H47NO8. The second-order valence-electron chi connectivity index (χ2n) is 12.8. The van der Waals surface area contributed by atoms with E-state index in [0.717, 1.165) is 31.2 Å². The van der Waals surface area contributed by atoms with Gasteiger partial charge in [0.2, 0.25) is 0 Å². The number of imide groups is 1. The highest BCUT2D eigenvalue weighted by Gasteiger charge is 2.44. The molecule has 1 heterocycles. The number of ether oxygens (including phenoxy) is 5. The lowest BCUT2D eigenvalue weighted by Crippen LogP contribution is -2.54. The van der Waals surface area contributed by atoms with E-state index in [1.807, 2.05) is 18.2 Å². The van der Waals surface area contributed by atoms with Gasteiger partial charge in [-0.25, -0.2) is 14.4 Å². The van der Waals surface area contributed by atoms with E-state index in [2.05, 4.69) is 12.1 Å². The van der Waals surface area contributed by atoms with Crippen LogP contribution in [0.15, 0.2) is 30.3 Å². The third-order valence-corrected chi connectivity index (χ3v) is 6.84. The molecule has 0 N–H and O–H groups in total. The van der Waals surface area contributed by atoms with Crippen molar-refractivity contribution in [1.29, 1.82) is 0 Å². The van der Waals surface area contributed by atoms with Crippen LogP contribution in [0, 0.1) is 5.92 Å². The molecule has 2 amide bonds. The van der Waals surface area contributed by atoms with Gasteiger partial charge in [0.1, 0.15) is 17.3 Å². The van der Waals surface area contributed by atoms with E-state index >= 15 is 0 Å². The van der Waals surface area contributed by atoms with E-state index in [4.69, 9.17) is 23.7 Å². The first-order valence-corrected chi connectivity index (χ1v) is 14.5. The number of hydrogen-bond acceptors (Lipinski definition) is 8. The van der Waals surface area contributed by atoms with E-state index in [1.54, 1.807) is 48.5 Å². The Labute approximate surface area is 238 Å². The van der Waals surface area contributed by atoms with Gasteiger partial charge in [-0.05, 0) is 73.3 Å². The monoisotopic (exact) mass is 561 g/mol. The van der Waals surface area contributed by atoms with Crippen molar-refractivity contribution in [3.63, 3.8) is 0 Å². The highest BCUT2D eigenvalue weighted by molar-refractivity contribution is 5.94. The Kier molecular flexibility index (Phi) is 11.0. The highest BCUT2D eigenvalue weighted by atomic mass is 16.6. The number of nitrogens with zero attached hydrogens (tertiary/aromatic N) is 1. The topological polar surface area (TPSA) is 101 Å². The van der Waals surface area contributed by atoms with Crippen LogP contribution < -0.4 is 0 Å². The lowest BCUT2D eigenvalue weighted by Gasteiger charge is -2.35. The molecule has 0 radical (unpaired) electrons. The zero-order chi connectivity index (χ0) is 29.5. The minimum atomic E-state index is -1.39. The molecule has 1 saturated carbocycles. The molecule has 40 heavy (non-hydrogen) atoms. The van der Waals surface area contributed by atoms with Gasteiger partial charge >= 0.3 is 18.2 Å². The van der Waals surface area contributed by atoms with Gasteiger partial charge in [0.15, 0.2) is 6.04 Å². The van der Waals surface area contributed by atoms with Crippen molar-refractivity contribution in [1.82, 2.24) is 4.90 Å². The number of benzene rings is 1. The zero-order valence-electron chi connectivity index (χ0n) is 25.1. The summed E-state index contributed by atoms with van der Waals surface area (Å²) in [4.78, 5) is 40.8. The molecule has 0 bridgehead atoms. The summed E-state index contributed by atoms with van der Waals surface area (Å²) in [5.41, 5.74) is -0.701. The highest BCUT2D eigenvalue weighted by Crippen LogP contribution is 2.29. The Morgan fingerprint density at radius 3 is 2.02 bits per heavy atom. The number of amides is 2. The van der Waals surface area contributed by atoms with Crippen molar-refractivity contribution in [2.45, 2.75) is 123 Å². The van der Waals surface area contributed by atoms with Crippen LogP contribution in [-0.4, -0.2) is 71.8 Å². The standard InChI is InChI=1S/C31H47NO8/c1-21-26(38-24-16-12-9-13-17-24)23(18-22-14-10-8-11-15-22)19-36-20-25(27(33)37-21)32(28(34)39-30(2,3)4)29(35)40-31(5,6)7/h8,10-11,14-15,21,23-26H,9,12-13,16-20H2,1-7H3. The first kappa shape index (κ1) is 31.9. The maximum absolute atomic E-state index is 13.6. The van der Waals surface area contributed by atoms with Crippen LogP contribution in [0.3, 0.4) is 0 Å². The quantitative estimate of drug-likeness (QED) is 0.316. The molecule has 4 unspecified atom stereocenters. The molecule has 9 heteroatoms. The predicted octanol–water partition coefficient (Wildman–Crippen LogP) is 6.07. The molecule has 224 valence electrons. The van der Waals surface area contributed by atoms with Crippen LogP contribution in [-0.2, 0) is 34.9 Å². The average molecular weight is 562 g/mol. The van der Waals surface area contributed by atoms with E-state index in [0.29, 0.717) is 11.3 Å². The summed E-state index contributed by atoms with van der Waals surface area (Å²) in [5, 5.41) is 0. The number of esters is 1. The fraction of sp³-hybridized carbons (Fsp3) is 0.710. The molecule has 1 aliphatic carbocycles. The SMILES string of the molecule is CC1OC(=O)C(N(C(=O)OC(C)(C)C)C(=O)OC(C)(C)C)COCC(Cc2ccccc2)C1OC1CCCCC1. The van der Waals surface area contributed by atoms with Crippen LogP contribution in [0.25, 0.3) is 0 Å². The van der Waals surface area contributed by atoms with Crippen molar-refractivity contribution in [2.75, 3.05) is 13.2 Å². The van der Waals surface area contributed by atoms with Gasteiger partial charge in [0.05, 0.1) is 25.4 Å². The maximum Gasteiger partial charge on any atom is 0.420 e. The molecule has 1 aromatic rings. The molecule has 3 rings (SSSR count). The summed E-state index contributed by atoms with van der Waals surface area (Å²) in [6.45, 7) is 11.9. The fourth-order valence-corrected chi connectivity index (χ4v) is 5.07. The second-order valence-corrected chi connectivity index (χ2v) is 12.8. The molecule has 1 saturated heterocycles. The van der Waals surface area contributed by atoms with E-state index in [1.165, 1.54) is 6.42 Å². The normalized spacial score (nSPS) is 25.1. The van der Waals surface area contributed by atoms with E-state index in [9.17, 15) is 14.4 Å². The van der Waals surface area contributed by atoms with Gasteiger partial charge < -0.3 is 23.7 Å². The van der Waals surface area contributed by atoms with Crippen molar-refractivity contribution in [3.8, 4) is 0 Å². The van der Waals surface area contributed by atoms with Crippen molar-refractivity contribution in [2.24, 2.45) is 5.92 Å². The number of hydrogen-bond donors (Lipinski definition) is 0. The molecule has 0 aromatic heterocycles. The zero-order valence-corrected chi connectivity index (χ0v) is 25.1. The molecule has 2 fully saturated rings. The summed E-state index contributed by atoms with van der Waals surface area (Å²) >= 11 is 0. The molecule has 2 aliphatic rings. The summed E-state index contributed by atoms with van der Waals surface area (Å²) in [6, 6.07) is 8.66. The van der Waals surface area contributed by atoms with Crippen molar-refractivity contribution < 1.29 is 38.1 Å². The minimum Gasteiger partial charge on any atom is -0.458 e. The van der Waals surface area contributed by atoms with E-state index in [-0.39, 0.29) is 25.2 Å². The molecular weight excluding hydrogens is 514 g/mol. The molecule has 1 aliphatic heterocycles. The largest absolute Gasteiger partial charge is 0.458 e. The minimum absolute atomic E-state index is 0.0785. The van der Waals surface area contributed by atoms with Crippen LogP contribution >= 0.6 is 0 Å². The predicted molar refractivity (Wildman–Crippen MR) is 150 cm³/mol. The van der Waals surface area contributed by atoms with Crippen molar-refractivity contribution in [3.05, 3.63) is 35.9 Å². The fourth-order valence-electron chi connectivity index (χ4n) is 5.07. The van der Waals surface area contributed by atoms with Crippen LogP contribution in [0.1, 0.15) is 86.1 Å². The second kappa shape index (κ2) is 13.8.